The molecule has 3 heteroatoms. The minimum absolute atomic E-state index is 0.387. The lowest BCUT2D eigenvalue weighted by Gasteiger charge is -2.06. The van der Waals surface area contributed by atoms with Gasteiger partial charge in [-0.25, -0.2) is 4.79 Å². The molecule has 0 unspecified atom stereocenters. The number of rotatable bonds is 2. The molecular formula is C11H13NO2. The Hall–Kier alpha value is -1.77. The van der Waals surface area contributed by atoms with Crippen molar-refractivity contribution < 1.29 is 9.53 Å². The van der Waals surface area contributed by atoms with Crippen LogP contribution in [-0.2, 0) is 4.74 Å². The van der Waals surface area contributed by atoms with E-state index in [0.717, 1.165) is 11.1 Å². The number of carbonyl (C=O) groups is 1. The summed E-state index contributed by atoms with van der Waals surface area (Å²) in [6.07, 6.45) is 0. The van der Waals surface area contributed by atoms with Crippen LogP contribution in [0.4, 0.5) is 5.69 Å². The molecule has 0 amide bonds. The third-order valence-electron chi connectivity index (χ3n) is 1.95. The highest BCUT2D eigenvalue weighted by Crippen LogP contribution is 2.19. The summed E-state index contributed by atoms with van der Waals surface area (Å²) in [5, 5.41) is 0. The Kier molecular flexibility index (Phi) is 2.92. The van der Waals surface area contributed by atoms with E-state index in [4.69, 9.17) is 5.73 Å². The standard InChI is InChI=1S/C11H13NO2/c1-7(2)8-4-5-9(10(12)6-8)11(13)14-3/h4-6H,1,12H2,2-3H3. The van der Waals surface area contributed by atoms with Crippen LogP contribution in [0.15, 0.2) is 24.8 Å². The zero-order chi connectivity index (χ0) is 10.7. The number of benzene rings is 1. The van der Waals surface area contributed by atoms with Gasteiger partial charge in [0, 0.05) is 5.69 Å². The molecule has 0 saturated carbocycles. The van der Waals surface area contributed by atoms with E-state index < -0.39 is 5.97 Å². The molecule has 2 N–H and O–H groups in total. The molecule has 3 nitrogen and oxygen atoms in total. The molecule has 0 bridgehead atoms. The molecule has 1 aromatic carbocycles. The molecule has 1 aromatic rings. The van der Waals surface area contributed by atoms with Gasteiger partial charge in [-0.15, -0.1) is 0 Å². The van der Waals surface area contributed by atoms with E-state index in [2.05, 4.69) is 11.3 Å². The van der Waals surface area contributed by atoms with Crippen LogP contribution < -0.4 is 5.73 Å². The van der Waals surface area contributed by atoms with Gasteiger partial charge in [0.05, 0.1) is 12.7 Å². The Balaban J connectivity index is 3.14. The van der Waals surface area contributed by atoms with Gasteiger partial charge in [0.2, 0.25) is 0 Å². The largest absolute Gasteiger partial charge is 0.465 e. The van der Waals surface area contributed by atoms with Gasteiger partial charge >= 0.3 is 5.97 Å². The number of methoxy groups -OCH3 is 1. The normalized spacial score (nSPS) is 9.57. The topological polar surface area (TPSA) is 52.3 Å². The first-order valence-corrected chi connectivity index (χ1v) is 4.20. The number of carbonyl (C=O) groups excluding carboxylic acids is 1. The summed E-state index contributed by atoms with van der Waals surface area (Å²) < 4.78 is 4.58. The van der Waals surface area contributed by atoms with Crippen LogP contribution in [-0.4, -0.2) is 13.1 Å². The second kappa shape index (κ2) is 3.96. The van der Waals surface area contributed by atoms with Crippen LogP contribution in [0.2, 0.25) is 0 Å². The maximum Gasteiger partial charge on any atom is 0.339 e. The molecule has 0 heterocycles. The van der Waals surface area contributed by atoms with Crippen molar-refractivity contribution in [2.75, 3.05) is 12.8 Å². The predicted octanol–water partition coefficient (Wildman–Crippen LogP) is 2.09. The number of hydrogen-bond acceptors (Lipinski definition) is 3. The maximum absolute atomic E-state index is 11.2. The van der Waals surface area contributed by atoms with E-state index in [1.165, 1.54) is 7.11 Å². The number of esters is 1. The molecule has 1 rings (SSSR count). The van der Waals surface area contributed by atoms with Crippen LogP contribution in [0.5, 0.6) is 0 Å². The minimum Gasteiger partial charge on any atom is -0.465 e. The lowest BCUT2D eigenvalue weighted by Crippen LogP contribution is -2.05. The van der Waals surface area contributed by atoms with Gasteiger partial charge in [-0.2, -0.15) is 0 Å². The molecule has 0 atom stereocenters. The number of nitrogen functional groups attached to an aromatic ring is 1. The average molecular weight is 191 g/mol. The fourth-order valence-electron chi connectivity index (χ4n) is 1.12. The summed E-state index contributed by atoms with van der Waals surface area (Å²) in [6, 6.07) is 5.16. The zero-order valence-corrected chi connectivity index (χ0v) is 8.33. The molecule has 0 radical (unpaired) electrons. The molecule has 0 fully saturated rings. The maximum atomic E-state index is 11.2. The number of ether oxygens (including phenoxy) is 1. The minimum atomic E-state index is -0.421. The van der Waals surface area contributed by atoms with Gasteiger partial charge in [-0.05, 0) is 24.6 Å². The Morgan fingerprint density at radius 1 is 1.50 bits per heavy atom. The first-order chi connectivity index (χ1) is 6.56. The van der Waals surface area contributed by atoms with Gasteiger partial charge in [-0.3, -0.25) is 0 Å². The van der Waals surface area contributed by atoms with Crippen molar-refractivity contribution in [1.82, 2.24) is 0 Å². The van der Waals surface area contributed by atoms with E-state index in [9.17, 15) is 4.79 Å². The van der Waals surface area contributed by atoms with E-state index in [-0.39, 0.29) is 0 Å². The number of hydrogen-bond donors (Lipinski definition) is 1. The summed E-state index contributed by atoms with van der Waals surface area (Å²) >= 11 is 0. The molecule has 14 heavy (non-hydrogen) atoms. The fraction of sp³-hybridized carbons (Fsp3) is 0.182. The van der Waals surface area contributed by atoms with Crippen LogP contribution in [0.1, 0.15) is 22.8 Å². The summed E-state index contributed by atoms with van der Waals surface area (Å²) in [4.78, 5) is 11.2. The van der Waals surface area contributed by atoms with Crippen LogP contribution in [0, 0.1) is 0 Å². The van der Waals surface area contributed by atoms with E-state index in [1.807, 2.05) is 6.92 Å². The van der Waals surface area contributed by atoms with E-state index in [0.29, 0.717) is 11.3 Å². The van der Waals surface area contributed by atoms with Crippen molar-refractivity contribution in [1.29, 1.82) is 0 Å². The summed E-state index contributed by atoms with van der Waals surface area (Å²) in [6.45, 7) is 5.67. The Labute approximate surface area is 83.2 Å². The monoisotopic (exact) mass is 191 g/mol. The third-order valence-corrected chi connectivity index (χ3v) is 1.95. The molecular weight excluding hydrogens is 178 g/mol. The highest BCUT2D eigenvalue weighted by Gasteiger charge is 2.09. The van der Waals surface area contributed by atoms with Gasteiger partial charge in [0.25, 0.3) is 0 Å². The highest BCUT2D eigenvalue weighted by atomic mass is 16.5. The Bertz CT molecular complexity index is 383. The molecule has 74 valence electrons. The van der Waals surface area contributed by atoms with Gasteiger partial charge in [0.15, 0.2) is 0 Å². The average Bonchev–Trinajstić information content (AvgIpc) is 2.16. The third kappa shape index (κ3) is 1.93. The SMILES string of the molecule is C=C(C)c1ccc(C(=O)OC)c(N)c1. The van der Waals surface area contributed by atoms with E-state index >= 15 is 0 Å². The highest BCUT2D eigenvalue weighted by molar-refractivity contribution is 5.95. The molecule has 0 saturated heterocycles. The zero-order valence-electron chi connectivity index (χ0n) is 8.33. The Morgan fingerprint density at radius 3 is 2.57 bits per heavy atom. The summed E-state index contributed by atoms with van der Waals surface area (Å²) in [5.41, 5.74) is 8.33. The fourth-order valence-corrected chi connectivity index (χ4v) is 1.12. The summed E-state index contributed by atoms with van der Waals surface area (Å²) in [5.74, 6) is -0.421. The van der Waals surface area contributed by atoms with Crippen molar-refractivity contribution in [3.05, 3.63) is 35.9 Å². The quantitative estimate of drug-likeness (QED) is 0.575. The van der Waals surface area contributed by atoms with Crippen molar-refractivity contribution in [3.63, 3.8) is 0 Å². The second-order valence-electron chi connectivity index (χ2n) is 3.07. The van der Waals surface area contributed by atoms with Crippen LogP contribution in [0.25, 0.3) is 5.57 Å². The first kappa shape index (κ1) is 10.3. The first-order valence-electron chi connectivity index (χ1n) is 4.20. The molecule has 0 spiro atoms. The molecule has 0 aromatic heterocycles. The molecule has 0 aliphatic heterocycles. The van der Waals surface area contributed by atoms with Gasteiger partial charge in [0.1, 0.15) is 0 Å². The van der Waals surface area contributed by atoms with Crippen molar-refractivity contribution in [2.45, 2.75) is 6.92 Å². The number of allylic oxidation sites excluding steroid dienone is 1. The molecule has 0 aliphatic rings. The van der Waals surface area contributed by atoms with Crippen molar-refractivity contribution in [3.8, 4) is 0 Å². The number of nitrogens with two attached hydrogens (primary N) is 1. The Morgan fingerprint density at radius 2 is 2.14 bits per heavy atom. The number of anilines is 1. The van der Waals surface area contributed by atoms with Crippen molar-refractivity contribution in [2.24, 2.45) is 0 Å². The summed E-state index contributed by atoms with van der Waals surface area (Å²) in [7, 11) is 1.33. The van der Waals surface area contributed by atoms with Crippen molar-refractivity contribution >= 4 is 17.2 Å². The predicted molar refractivity (Wildman–Crippen MR) is 56.9 cm³/mol. The van der Waals surface area contributed by atoms with E-state index in [1.54, 1.807) is 18.2 Å². The van der Waals surface area contributed by atoms with Crippen LogP contribution in [0.3, 0.4) is 0 Å². The van der Waals surface area contributed by atoms with Gasteiger partial charge in [-0.1, -0.05) is 18.2 Å². The molecule has 0 aliphatic carbocycles. The lowest BCUT2D eigenvalue weighted by molar-refractivity contribution is 0.0602. The van der Waals surface area contributed by atoms with Crippen LogP contribution >= 0.6 is 0 Å². The lowest BCUT2D eigenvalue weighted by atomic mass is 10.0. The smallest absolute Gasteiger partial charge is 0.339 e. The van der Waals surface area contributed by atoms with Gasteiger partial charge < -0.3 is 10.5 Å². The second-order valence-corrected chi connectivity index (χ2v) is 3.07.